The summed E-state index contributed by atoms with van der Waals surface area (Å²) < 4.78 is 40.1. The van der Waals surface area contributed by atoms with Crippen LogP contribution in [0.15, 0.2) is 48.5 Å². The van der Waals surface area contributed by atoms with Crippen LogP contribution in [0.25, 0.3) is 0 Å². The van der Waals surface area contributed by atoms with E-state index in [1.165, 1.54) is 17.0 Å². The Balaban J connectivity index is 1.84. The third-order valence-electron chi connectivity index (χ3n) is 3.36. The molecule has 0 atom stereocenters. The SMILES string of the molecule is CN(C)C(=O)c1ccc(NC(=O)CNc2ccc(OC(F)(F)F)cc2)cc1. The molecule has 0 spiro atoms. The van der Waals surface area contributed by atoms with Gasteiger partial charge >= 0.3 is 6.36 Å². The molecule has 0 aromatic heterocycles. The lowest BCUT2D eigenvalue weighted by molar-refractivity contribution is -0.274. The summed E-state index contributed by atoms with van der Waals surface area (Å²) in [6.07, 6.45) is -4.75. The minimum atomic E-state index is -4.75. The number of halogens is 3. The number of nitrogens with one attached hydrogen (secondary N) is 2. The van der Waals surface area contributed by atoms with Gasteiger partial charge < -0.3 is 20.3 Å². The Kier molecular flexibility index (Phi) is 6.27. The van der Waals surface area contributed by atoms with Crippen LogP contribution >= 0.6 is 0 Å². The summed E-state index contributed by atoms with van der Waals surface area (Å²) in [4.78, 5) is 25.2. The number of hydrogen-bond donors (Lipinski definition) is 2. The summed E-state index contributed by atoms with van der Waals surface area (Å²) in [5.74, 6) is -0.838. The number of benzene rings is 2. The van der Waals surface area contributed by atoms with Crippen molar-refractivity contribution in [3.8, 4) is 5.75 Å². The molecule has 0 heterocycles. The van der Waals surface area contributed by atoms with Crippen molar-refractivity contribution in [2.24, 2.45) is 0 Å². The van der Waals surface area contributed by atoms with Crippen LogP contribution in [0.4, 0.5) is 24.5 Å². The highest BCUT2D eigenvalue weighted by molar-refractivity contribution is 5.96. The van der Waals surface area contributed by atoms with Gasteiger partial charge in [0.1, 0.15) is 5.75 Å². The Labute approximate surface area is 153 Å². The summed E-state index contributed by atoms with van der Waals surface area (Å²) in [5, 5.41) is 5.44. The zero-order valence-electron chi connectivity index (χ0n) is 14.6. The maximum absolute atomic E-state index is 12.1. The topological polar surface area (TPSA) is 70.7 Å². The van der Waals surface area contributed by atoms with E-state index in [9.17, 15) is 22.8 Å². The van der Waals surface area contributed by atoms with Crippen molar-refractivity contribution in [1.82, 2.24) is 4.90 Å². The molecule has 0 saturated carbocycles. The van der Waals surface area contributed by atoms with Gasteiger partial charge in [0.05, 0.1) is 6.54 Å². The van der Waals surface area contributed by atoms with E-state index in [1.54, 1.807) is 38.4 Å². The van der Waals surface area contributed by atoms with Crippen molar-refractivity contribution in [2.45, 2.75) is 6.36 Å². The number of carbonyl (C=O) groups is 2. The Morgan fingerprint density at radius 3 is 2.04 bits per heavy atom. The van der Waals surface area contributed by atoms with Crippen molar-refractivity contribution in [2.75, 3.05) is 31.3 Å². The molecule has 0 unspecified atom stereocenters. The lowest BCUT2D eigenvalue weighted by Gasteiger charge is -2.12. The van der Waals surface area contributed by atoms with Gasteiger partial charge in [0, 0.05) is 31.0 Å². The Bertz CT molecular complexity index is 788. The van der Waals surface area contributed by atoms with E-state index >= 15 is 0 Å². The molecule has 0 bridgehead atoms. The average Bonchev–Trinajstić information content (AvgIpc) is 2.60. The van der Waals surface area contributed by atoms with Crippen LogP contribution in [0.2, 0.25) is 0 Å². The number of hydrogen-bond acceptors (Lipinski definition) is 4. The average molecular weight is 381 g/mol. The minimum absolute atomic E-state index is 0.0855. The third kappa shape index (κ3) is 6.53. The molecular formula is C18H18F3N3O3. The molecular weight excluding hydrogens is 363 g/mol. The molecule has 6 nitrogen and oxygen atoms in total. The van der Waals surface area contributed by atoms with Crippen LogP contribution in [0, 0.1) is 0 Å². The summed E-state index contributed by atoms with van der Waals surface area (Å²) in [5.41, 5.74) is 1.48. The molecule has 0 aliphatic rings. The maximum Gasteiger partial charge on any atom is 0.573 e. The summed E-state index contributed by atoms with van der Waals surface area (Å²) in [6, 6.07) is 11.5. The molecule has 9 heteroatoms. The van der Waals surface area contributed by atoms with Gasteiger partial charge in [-0.1, -0.05) is 0 Å². The van der Waals surface area contributed by atoms with Gasteiger partial charge in [-0.3, -0.25) is 9.59 Å². The number of alkyl halides is 3. The zero-order valence-corrected chi connectivity index (χ0v) is 14.6. The van der Waals surface area contributed by atoms with Crippen LogP contribution in [-0.4, -0.2) is 43.7 Å². The molecule has 2 aromatic carbocycles. The largest absolute Gasteiger partial charge is 0.573 e. The summed E-state index contributed by atoms with van der Waals surface area (Å²) in [6.45, 7) is -0.0855. The Hall–Kier alpha value is -3.23. The van der Waals surface area contributed by atoms with E-state index < -0.39 is 6.36 Å². The quantitative estimate of drug-likeness (QED) is 0.805. The molecule has 0 aliphatic carbocycles. The fraction of sp³-hybridized carbons (Fsp3) is 0.222. The molecule has 0 saturated heterocycles. The number of anilines is 2. The first-order chi connectivity index (χ1) is 12.6. The molecule has 0 radical (unpaired) electrons. The number of ether oxygens (including phenoxy) is 1. The lowest BCUT2D eigenvalue weighted by atomic mass is 10.2. The predicted octanol–water partition coefficient (Wildman–Crippen LogP) is 3.34. The maximum atomic E-state index is 12.1. The van der Waals surface area contributed by atoms with Gasteiger partial charge in [0.2, 0.25) is 5.91 Å². The van der Waals surface area contributed by atoms with Crippen molar-refractivity contribution >= 4 is 23.2 Å². The number of nitrogens with zero attached hydrogens (tertiary/aromatic N) is 1. The van der Waals surface area contributed by atoms with E-state index in [2.05, 4.69) is 15.4 Å². The number of amides is 2. The summed E-state index contributed by atoms with van der Waals surface area (Å²) >= 11 is 0. The monoisotopic (exact) mass is 381 g/mol. The predicted molar refractivity (Wildman–Crippen MR) is 94.7 cm³/mol. The minimum Gasteiger partial charge on any atom is -0.406 e. The van der Waals surface area contributed by atoms with Crippen LogP contribution in [0.5, 0.6) is 5.75 Å². The molecule has 2 amide bonds. The van der Waals surface area contributed by atoms with E-state index in [-0.39, 0.29) is 24.1 Å². The fourth-order valence-corrected chi connectivity index (χ4v) is 2.12. The third-order valence-corrected chi connectivity index (χ3v) is 3.36. The van der Waals surface area contributed by atoms with Crippen LogP contribution < -0.4 is 15.4 Å². The fourth-order valence-electron chi connectivity index (χ4n) is 2.12. The molecule has 2 aromatic rings. The zero-order chi connectivity index (χ0) is 20.0. The van der Waals surface area contributed by atoms with Crippen LogP contribution in [-0.2, 0) is 4.79 Å². The normalized spacial score (nSPS) is 10.9. The van der Waals surface area contributed by atoms with Gasteiger partial charge in [-0.05, 0) is 48.5 Å². The first-order valence-corrected chi connectivity index (χ1v) is 7.85. The summed E-state index contributed by atoms with van der Waals surface area (Å²) in [7, 11) is 3.29. The van der Waals surface area contributed by atoms with Gasteiger partial charge in [-0.25, -0.2) is 0 Å². The highest BCUT2D eigenvalue weighted by atomic mass is 19.4. The lowest BCUT2D eigenvalue weighted by Crippen LogP contribution is -2.23. The second-order valence-corrected chi connectivity index (χ2v) is 5.75. The van der Waals surface area contributed by atoms with E-state index in [4.69, 9.17) is 0 Å². The molecule has 2 N–H and O–H groups in total. The van der Waals surface area contributed by atoms with Crippen LogP contribution in [0.1, 0.15) is 10.4 Å². The Morgan fingerprint density at radius 2 is 1.52 bits per heavy atom. The van der Waals surface area contributed by atoms with Gasteiger partial charge in [-0.15, -0.1) is 13.2 Å². The second-order valence-electron chi connectivity index (χ2n) is 5.75. The number of carbonyl (C=O) groups excluding carboxylic acids is 2. The smallest absolute Gasteiger partial charge is 0.406 e. The first kappa shape index (κ1) is 20.1. The van der Waals surface area contributed by atoms with Crippen molar-refractivity contribution < 1.29 is 27.5 Å². The van der Waals surface area contributed by atoms with E-state index in [1.807, 2.05) is 0 Å². The highest BCUT2D eigenvalue weighted by Crippen LogP contribution is 2.23. The van der Waals surface area contributed by atoms with Crippen molar-refractivity contribution in [3.63, 3.8) is 0 Å². The first-order valence-electron chi connectivity index (χ1n) is 7.85. The van der Waals surface area contributed by atoms with Crippen LogP contribution in [0.3, 0.4) is 0 Å². The van der Waals surface area contributed by atoms with E-state index in [0.29, 0.717) is 16.9 Å². The second kappa shape index (κ2) is 8.43. The molecule has 2 rings (SSSR count). The molecule has 27 heavy (non-hydrogen) atoms. The Morgan fingerprint density at radius 1 is 0.963 bits per heavy atom. The molecule has 0 fully saturated rings. The van der Waals surface area contributed by atoms with Crippen molar-refractivity contribution in [3.05, 3.63) is 54.1 Å². The highest BCUT2D eigenvalue weighted by Gasteiger charge is 2.30. The number of rotatable bonds is 6. The van der Waals surface area contributed by atoms with Gasteiger partial charge in [0.15, 0.2) is 0 Å². The van der Waals surface area contributed by atoms with Crippen molar-refractivity contribution in [1.29, 1.82) is 0 Å². The standard InChI is InChI=1S/C18H18F3N3O3/c1-24(2)17(26)12-3-5-14(6-4-12)23-16(25)11-22-13-7-9-15(10-8-13)27-18(19,20)21/h3-10,22H,11H2,1-2H3,(H,23,25). The van der Waals surface area contributed by atoms with E-state index in [0.717, 1.165) is 12.1 Å². The molecule has 144 valence electrons. The van der Waals surface area contributed by atoms with Gasteiger partial charge in [-0.2, -0.15) is 0 Å². The molecule has 0 aliphatic heterocycles. The van der Waals surface area contributed by atoms with Gasteiger partial charge in [0.25, 0.3) is 5.91 Å².